The predicted octanol–water partition coefficient (Wildman–Crippen LogP) is 0.997. The normalized spacial score (nSPS) is 12.4. The van der Waals surface area contributed by atoms with Crippen molar-refractivity contribution in [3.05, 3.63) is 54.6 Å². The molecule has 0 fully saturated rings. The number of para-hydroxylation sites is 1. The second-order valence-corrected chi connectivity index (χ2v) is 6.75. The van der Waals surface area contributed by atoms with Crippen LogP contribution < -0.4 is 16.4 Å². The zero-order valence-corrected chi connectivity index (χ0v) is 12.9. The largest absolute Gasteiger partial charge is 0.457 e. The molecule has 0 radical (unpaired) electrons. The number of carbonyl (C=O) groups is 1. The van der Waals surface area contributed by atoms with Gasteiger partial charge in [-0.05, 0) is 36.4 Å². The van der Waals surface area contributed by atoms with E-state index < -0.39 is 27.6 Å². The Labute approximate surface area is 133 Å². The second-order valence-electron chi connectivity index (χ2n) is 4.71. The van der Waals surface area contributed by atoms with Gasteiger partial charge in [0.25, 0.3) is 0 Å². The molecule has 0 saturated heterocycles. The highest BCUT2D eigenvalue weighted by atomic mass is 32.2. The first kappa shape index (κ1) is 16.9. The highest BCUT2D eigenvalue weighted by Gasteiger charge is 2.24. The van der Waals surface area contributed by atoms with E-state index in [9.17, 15) is 13.2 Å². The number of nitrogens with two attached hydrogens (primary N) is 2. The molecule has 8 heteroatoms. The summed E-state index contributed by atoms with van der Waals surface area (Å²) in [7, 11) is -3.74. The van der Waals surface area contributed by atoms with E-state index in [0.717, 1.165) is 0 Å². The average Bonchev–Trinajstić information content (AvgIpc) is 2.55. The number of sulfone groups is 1. The van der Waals surface area contributed by atoms with Gasteiger partial charge in [0.2, 0.25) is 0 Å². The standard InChI is InChI=1S/C15H16N2O5S/c16-14(15(18)22-17)10-23(19,20)13-8-6-12(7-9-13)21-11-4-2-1-3-5-11/h1-9,14H,10,16-17H2/t14-/m0/s1. The lowest BCUT2D eigenvalue weighted by Crippen LogP contribution is -2.39. The van der Waals surface area contributed by atoms with Gasteiger partial charge in [0, 0.05) is 0 Å². The first-order chi connectivity index (χ1) is 10.9. The van der Waals surface area contributed by atoms with Gasteiger partial charge in [-0.2, -0.15) is 5.90 Å². The molecule has 2 aromatic rings. The molecule has 23 heavy (non-hydrogen) atoms. The molecule has 0 aliphatic heterocycles. The molecule has 0 aliphatic rings. The molecule has 0 amide bonds. The molecule has 0 saturated carbocycles. The van der Waals surface area contributed by atoms with Crippen LogP contribution in [-0.4, -0.2) is 26.2 Å². The van der Waals surface area contributed by atoms with E-state index in [4.69, 9.17) is 10.5 Å². The number of ether oxygens (including phenoxy) is 1. The van der Waals surface area contributed by atoms with Gasteiger partial charge < -0.3 is 15.3 Å². The molecule has 122 valence electrons. The van der Waals surface area contributed by atoms with Crippen LogP contribution in [-0.2, 0) is 19.5 Å². The van der Waals surface area contributed by atoms with Crippen LogP contribution in [0.5, 0.6) is 11.5 Å². The van der Waals surface area contributed by atoms with E-state index in [2.05, 4.69) is 10.7 Å². The Morgan fingerprint density at radius 2 is 1.57 bits per heavy atom. The lowest BCUT2D eigenvalue weighted by molar-refractivity contribution is -0.145. The first-order valence-corrected chi connectivity index (χ1v) is 8.29. The zero-order chi connectivity index (χ0) is 16.9. The van der Waals surface area contributed by atoms with Gasteiger partial charge in [-0.1, -0.05) is 18.2 Å². The molecule has 0 unspecified atom stereocenters. The van der Waals surface area contributed by atoms with Gasteiger partial charge in [-0.3, -0.25) is 0 Å². The molecule has 0 heterocycles. The van der Waals surface area contributed by atoms with E-state index in [0.29, 0.717) is 11.5 Å². The van der Waals surface area contributed by atoms with Crippen molar-refractivity contribution in [3.8, 4) is 11.5 Å². The lowest BCUT2D eigenvalue weighted by Gasteiger charge is -2.10. The van der Waals surface area contributed by atoms with Crippen molar-refractivity contribution >= 4 is 15.8 Å². The summed E-state index contributed by atoms with van der Waals surface area (Å²) in [6.45, 7) is 0. The minimum atomic E-state index is -3.74. The third-order valence-electron chi connectivity index (χ3n) is 2.98. The summed E-state index contributed by atoms with van der Waals surface area (Å²) < 4.78 is 29.9. The van der Waals surface area contributed by atoms with E-state index in [1.807, 2.05) is 18.2 Å². The molecule has 1 atom stereocenters. The maximum absolute atomic E-state index is 12.2. The molecule has 2 aromatic carbocycles. The Morgan fingerprint density at radius 1 is 1.00 bits per heavy atom. The molecule has 7 nitrogen and oxygen atoms in total. The van der Waals surface area contributed by atoms with Gasteiger partial charge >= 0.3 is 5.97 Å². The van der Waals surface area contributed by atoms with Gasteiger partial charge in [-0.15, -0.1) is 0 Å². The maximum atomic E-state index is 12.2. The summed E-state index contributed by atoms with van der Waals surface area (Å²) >= 11 is 0. The van der Waals surface area contributed by atoms with Gasteiger partial charge in [0.05, 0.1) is 10.6 Å². The van der Waals surface area contributed by atoms with Crippen molar-refractivity contribution in [2.24, 2.45) is 11.6 Å². The van der Waals surface area contributed by atoms with Crippen LogP contribution in [0.2, 0.25) is 0 Å². The van der Waals surface area contributed by atoms with Crippen LogP contribution in [0.3, 0.4) is 0 Å². The fourth-order valence-electron chi connectivity index (χ4n) is 1.83. The second kappa shape index (κ2) is 7.23. The number of hydrogen-bond acceptors (Lipinski definition) is 7. The number of rotatable bonds is 6. The third kappa shape index (κ3) is 4.52. The van der Waals surface area contributed by atoms with Crippen LogP contribution in [0.4, 0.5) is 0 Å². The Morgan fingerprint density at radius 3 is 2.13 bits per heavy atom. The van der Waals surface area contributed by atoms with Crippen molar-refractivity contribution in [2.45, 2.75) is 10.9 Å². The molecular weight excluding hydrogens is 320 g/mol. The van der Waals surface area contributed by atoms with E-state index in [1.54, 1.807) is 12.1 Å². The number of benzene rings is 2. The number of carbonyl (C=O) groups excluding carboxylic acids is 1. The van der Waals surface area contributed by atoms with Gasteiger partial charge in [-0.25, -0.2) is 13.2 Å². The topological polar surface area (TPSA) is 122 Å². The van der Waals surface area contributed by atoms with Crippen LogP contribution in [0.25, 0.3) is 0 Å². The first-order valence-electron chi connectivity index (χ1n) is 6.64. The minimum absolute atomic E-state index is 0.0261. The van der Waals surface area contributed by atoms with Crippen molar-refractivity contribution < 1.29 is 22.8 Å². The van der Waals surface area contributed by atoms with Gasteiger partial charge in [0.15, 0.2) is 9.84 Å². The average molecular weight is 336 g/mol. The van der Waals surface area contributed by atoms with Crippen LogP contribution in [0.1, 0.15) is 0 Å². The Balaban J connectivity index is 2.10. The van der Waals surface area contributed by atoms with Crippen molar-refractivity contribution in [3.63, 3.8) is 0 Å². The van der Waals surface area contributed by atoms with Crippen molar-refractivity contribution in [2.75, 3.05) is 5.75 Å². The number of hydrogen-bond donors (Lipinski definition) is 2. The summed E-state index contributed by atoms with van der Waals surface area (Å²) in [6, 6.07) is 13.5. The Hall–Kier alpha value is -2.42. The van der Waals surface area contributed by atoms with Gasteiger partial charge in [0.1, 0.15) is 17.5 Å². The molecule has 0 bridgehead atoms. The quantitative estimate of drug-likeness (QED) is 0.754. The smallest absolute Gasteiger partial charge is 0.342 e. The van der Waals surface area contributed by atoms with E-state index in [1.165, 1.54) is 24.3 Å². The molecule has 0 spiro atoms. The van der Waals surface area contributed by atoms with Crippen molar-refractivity contribution in [1.82, 2.24) is 0 Å². The maximum Gasteiger partial charge on any atom is 0.342 e. The molecular formula is C15H16N2O5S. The van der Waals surface area contributed by atoms with Crippen LogP contribution >= 0.6 is 0 Å². The zero-order valence-electron chi connectivity index (χ0n) is 12.1. The summed E-state index contributed by atoms with van der Waals surface area (Å²) in [5.74, 6) is 4.22. The van der Waals surface area contributed by atoms with Crippen LogP contribution in [0.15, 0.2) is 59.5 Å². The van der Waals surface area contributed by atoms with Crippen LogP contribution in [0, 0.1) is 0 Å². The highest BCUT2D eigenvalue weighted by molar-refractivity contribution is 7.91. The lowest BCUT2D eigenvalue weighted by atomic mass is 10.3. The molecule has 2 rings (SSSR count). The molecule has 0 aromatic heterocycles. The molecule has 0 aliphatic carbocycles. The monoisotopic (exact) mass is 336 g/mol. The predicted molar refractivity (Wildman–Crippen MR) is 83.3 cm³/mol. The molecule has 4 N–H and O–H groups in total. The highest BCUT2D eigenvalue weighted by Crippen LogP contribution is 2.23. The minimum Gasteiger partial charge on any atom is -0.457 e. The Kier molecular flexibility index (Phi) is 5.32. The van der Waals surface area contributed by atoms with Crippen molar-refractivity contribution in [1.29, 1.82) is 0 Å². The summed E-state index contributed by atoms with van der Waals surface area (Å²) in [5, 5.41) is 0. The fourth-order valence-corrected chi connectivity index (χ4v) is 3.18. The summed E-state index contributed by atoms with van der Waals surface area (Å²) in [6.07, 6.45) is 0. The summed E-state index contributed by atoms with van der Waals surface area (Å²) in [4.78, 5) is 15.1. The SMILES string of the molecule is NOC(=O)[C@@H](N)CS(=O)(=O)c1ccc(Oc2ccccc2)cc1. The van der Waals surface area contributed by atoms with E-state index in [-0.39, 0.29) is 4.90 Å². The Bertz CT molecular complexity index is 760. The summed E-state index contributed by atoms with van der Waals surface area (Å²) in [5.41, 5.74) is 5.42. The van der Waals surface area contributed by atoms with E-state index >= 15 is 0 Å². The third-order valence-corrected chi connectivity index (χ3v) is 4.77. The fraction of sp³-hybridized carbons (Fsp3) is 0.133.